The molecule has 1 aliphatic carbocycles. The van der Waals surface area contributed by atoms with E-state index in [0.29, 0.717) is 12.0 Å². The fourth-order valence-electron chi connectivity index (χ4n) is 2.56. The summed E-state index contributed by atoms with van der Waals surface area (Å²) in [7, 11) is 0. The number of nitrogens with zero attached hydrogens (tertiary/aromatic N) is 2. The third kappa shape index (κ3) is 3.48. The largest absolute Gasteiger partial charge is 0.365 e. The molecule has 1 aromatic carbocycles. The topological polar surface area (TPSA) is 49.8 Å². The first-order valence-electron chi connectivity index (χ1n) is 7.33. The van der Waals surface area contributed by atoms with E-state index in [1.807, 2.05) is 31.2 Å². The van der Waals surface area contributed by atoms with Crippen molar-refractivity contribution in [3.05, 3.63) is 41.8 Å². The quantitative estimate of drug-likeness (QED) is 0.891. The number of anilines is 3. The number of hydrogen-bond acceptors (Lipinski definition) is 4. The van der Waals surface area contributed by atoms with Gasteiger partial charge in [-0.05, 0) is 31.9 Å². The molecule has 1 aromatic heterocycles. The molecule has 2 N–H and O–H groups in total. The second-order valence-electron chi connectivity index (χ2n) is 5.51. The van der Waals surface area contributed by atoms with Crippen LogP contribution in [0.1, 0.15) is 31.2 Å². The summed E-state index contributed by atoms with van der Waals surface area (Å²) in [6, 6.07) is 8.23. The van der Waals surface area contributed by atoms with Crippen molar-refractivity contribution in [3.8, 4) is 0 Å². The van der Waals surface area contributed by atoms with E-state index < -0.39 is 5.82 Å². The van der Waals surface area contributed by atoms with Gasteiger partial charge in [0.15, 0.2) is 11.6 Å². The van der Waals surface area contributed by atoms with Gasteiger partial charge in [-0.1, -0.05) is 30.5 Å². The van der Waals surface area contributed by atoms with E-state index >= 15 is 0 Å². The van der Waals surface area contributed by atoms with E-state index in [0.717, 1.165) is 18.5 Å². The number of aromatic nitrogens is 2. The van der Waals surface area contributed by atoms with E-state index in [1.165, 1.54) is 24.6 Å². The van der Waals surface area contributed by atoms with Crippen LogP contribution >= 0.6 is 0 Å². The van der Waals surface area contributed by atoms with Crippen LogP contribution in [0.2, 0.25) is 0 Å². The van der Waals surface area contributed by atoms with Gasteiger partial charge in [-0.15, -0.1) is 0 Å². The molecule has 0 aliphatic heterocycles. The van der Waals surface area contributed by atoms with Crippen LogP contribution in [0.3, 0.4) is 0 Å². The Balaban J connectivity index is 1.74. The molecule has 2 aromatic rings. The SMILES string of the molecule is Cc1ccc(Nc2ncc(F)c(NC3CCCC3)n2)cc1. The molecule has 1 fully saturated rings. The zero-order valence-corrected chi connectivity index (χ0v) is 12.1. The highest BCUT2D eigenvalue weighted by Crippen LogP contribution is 2.23. The van der Waals surface area contributed by atoms with Gasteiger partial charge in [0.05, 0.1) is 6.20 Å². The fourth-order valence-corrected chi connectivity index (χ4v) is 2.56. The molecule has 5 heteroatoms. The lowest BCUT2D eigenvalue weighted by molar-refractivity contribution is 0.611. The van der Waals surface area contributed by atoms with Crippen molar-refractivity contribution >= 4 is 17.5 Å². The first kappa shape index (κ1) is 13.8. The van der Waals surface area contributed by atoms with Gasteiger partial charge in [-0.3, -0.25) is 0 Å². The van der Waals surface area contributed by atoms with Crippen molar-refractivity contribution < 1.29 is 4.39 Å². The van der Waals surface area contributed by atoms with Crippen LogP contribution in [0.5, 0.6) is 0 Å². The second-order valence-corrected chi connectivity index (χ2v) is 5.51. The molecule has 0 spiro atoms. The molecule has 0 unspecified atom stereocenters. The standard InChI is InChI=1S/C16H19FN4/c1-11-6-8-13(9-7-11)20-16-18-10-14(17)15(21-16)19-12-4-2-3-5-12/h6-10,12H,2-5H2,1H3,(H2,18,19,20,21). The molecule has 0 amide bonds. The number of nitrogens with one attached hydrogen (secondary N) is 2. The summed E-state index contributed by atoms with van der Waals surface area (Å²) in [4.78, 5) is 8.24. The lowest BCUT2D eigenvalue weighted by Crippen LogP contribution is -2.17. The normalized spacial score (nSPS) is 15.1. The average molecular weight is 286 g/mol. The summed E-state index contributed by atoms with van der Waals surface area (Å²) in [6.45, 7) is 2.03. The maximum atomic E-state index is 13.8. The van der Waals surface area contributed by atoms with Crippen LogP contribution < -0.4 is 10.6 Å². The molecule has 0 bridgehead atoms. The van der Waals surface area contributed by atoms with E-state index in [1.54, 1.807) is 0 Å². The van der Waals surface area contributed by atoms with Crippen LogP contribution in [0.25, 0.3) is 0 Å². The molecule has 21 heavy (non-hydrogen) atoms. The molecule has 1 heterocycles. The predicted octanol–water partition coefficient (Wildman–Crippen LogP) is 4.02. The molecule has 4 nitrogen and oxygen atoms in total. The van der Waals surface area contributed by atoms with Gasteiger partial charge in [0.25, 0.3) is 0 Å². The highest BCUT2D eigenvalue weighted by atomic mass is 19.1. The average Bonchev–Trinajstić information content (AvgIpc) is 2.98. The Morgan fingerprint density at radius 2 is 1.86 bits per heavy atom. The maximum absolute atomic E-state index is 13.8. The van der Waals surface area contributed by atoms with Crippen LogP contribution in [0, 0.1) is 12.7 Å². The van der Waals surface area contributed by atoms with Gasteiger partial charge in [0.1, 0.15) is 0 Å². The molecule has 0 atom stereocenters. The van der Waals surface area contributed by atoms with Crippen LogP contribution in [-0.4, -0.2) is 16.0 Å². The number of aryl methyl sites for hydroxylation is 1. The Labute approximate surface area is 123 Å². The summed E-state index contributed by atoms with van der Waals surface area (Å²) in [5, 5.41) is 6.27. The van der Waals surface area contributed by atoms with E-state index in [4.69, 9.17) is 0 Å². The third-order valence-corrected chi connectivity index (χ3v) is 3.75. The van der Waals surface area contributed by atoms with Crippen molar-refractivity contribution in [2.45, 2.75) is 38.6 Å². The summed E-state index contributed by atoms with van der Waals surface area (Å²) >= 11 is 0. The monoisotopic (exact) mass is 286 g/mol. The second kappa shape index (κ2) is 6.08. The Bertz CT molecular complexity index is 606. The number of halogens is 1. The minimum atomic E-state index is -0.406. The van der Waals surface area contributed by atoms with Crippen LogP contribution in [0.4, 0.5) is 21.8 Å². The zero-order valence-electron chi connectivity index (χ0n) is 12.1. The maximum Gasteiger partial charge on any atom is 0.229 e. The van der Waals surface area contributed by atoms with Crippen LogP contribution in [0.15, 0.2) is 30.5 Å². The molecule has 1 aliphatic rings. The smallest absolute Gasteiger partial charge is 0.229 e. The minimum absolute atomic E-state index is 0.284. The van der Waals surface area contributed by atoms with Crippen LogP contribution in [-0.2, 0) is 0 Å². The van der Waals surface area contributed by atoms with Gasteiger partial charge in [0.2, 0.25) is 5.95 Å². The summed E-state index contributed by atoms with van der Waals surface area (Å²) < 4.78 is 13.8. The summed E-state index contributed by atoms with van der Waals surface area (Å²) in [5.74, 6) is 0.281. The first-order valence-corrected chi connectivity index (χ1v) is 7.33. The lowest BCUT2D eigenvalue weighted by Gasteiger charge is -2.14. The lowest BCUT2D eigenvalue weighted by atomic mass is 10.2. The molecule has 110 valence electrons. The first-order chi connectivity index (χ1) is 10.2. The Hall–Kier alpha value is -2.17. The highest BCUT2D eigenvalue weighted by molar-refractivity contribution is 5.55. The summed E-state index contributed by atoms with van der Waals surface area (Å²) in [5.41, 5.74) is 2.07. The van der Waals surface area contributed by atoms with Crippen molar-refractivity contribution in [2.75, 3.05) is 10.6 Å². The van der Waals surface area contributed by atoms with Crippen molar-refractivity contribution in [1.82, 2.24) is 9.97 Å². The van der Waals surface area contributed by atoms with Gasteiger partial charge in [-0.25, -0.2) is 9.37 Å². The number of benzene rings is 1. The molecule has 1 saturated carbocycles. The number of hydrogen-bond donors (Lipinski definition) is 2. The summed E-state index contributed by atoms with van der Waals surface area (Å²) in [6.07, 6.45) is 5.74. The Morgan fingerprint density at radius 1 is 1.14 bits per heavy atom. The Kier molecular flexibility index (Phi) is 3.99. The Morgan fingerprint density at radius 3 is 2.57 bits per heavy atom. The fraction of sp³-hybridized carbons (Fsp3) is 0.375. The van der Waals surface area contributed by atoms with Gasteiger partial charge >= 0.3 is 0 Å². The van der Waals surface area contributed by atoms with Gasteiger partial charge in [-0.2, -0.15) is 4.98 Å². The van der Waals surface area contributed by atoms with Gasteiger partial charge in [0, 0.05) is 11.7 Å². The predicted molar refractivity (Wildman–Crippen MR) is 82.3 cm³/mol. The van der Waals surface area contributed by atoms with Crippen molar-refractivity contribution in [1.29, 1.82) is 0 Å². The van der Waals surface area contributed by atoms with E-state index in [9.17, 15) is 4.39 Å². The molecule has 0 saturated heterocycles. The molecule has 3 rings (SSSR count). The van der Waals surface area contributed by atoms with Crippen molar-refractivity contribution in [3.63, 3.8) is 0 Å². The van der Waals surface area contributed by atoms with Gasteiger partial charge < -0.3 is 10.6 Å². The van der Waals surface area contributed by atoms with E-state index in [2.05, 4.69) is 20.6 Å². The minimum Gasteiger partial charge on any atom is -0.365 e. The third-order valence-electron chi connectivity index (χ3n) is 3.75. The molecular formula is C16H19FN4. The zero-order chi connectivity index (χ0) is 14.7. The number of rotatable bonds is 4. The molecule has 0 radical (unpaired) electrons. The van der Waals surface area contributed by atoms with Crippen molar-refractivity contribution in [2.24, 2.45) is 0 Å². The highest BCUT2D eigenvalue weighted by Gasteiger charge is 2.17. The van der Waals surface area contributed by atoms with E-state index in [-0.39, 0.29) is 5.82 Å². The molecular weight excluding hydrogens is 267 g/mol.